The van der Waals surface area contributed by atoms with Crippen molar-refractivity contribution < 1.29 is 9.26 Å². The minimum absolute atomic E-state index is 0.282. The fourth-order valence-electron chi connectivity index (χ4n) is 3.68. The number of aromatic nitrogens is 2. The monoisotopic (exact) mass is 359 g/mol. The minimum atomic E-state index is 0.282. The molecule has 0 radical (unpaired) electrons. The molecule has 0 fully saturated rings. The predicted octanol–water partition coefficient (Wildman–Crippen LogP) is 3.87. The van der Waals surface area contributed by atoms with E-state index < -0.39 is 0 Å². The molecule has 1 unspecified atom stereocenters. The molecule has 27 heavy (non-hydrogen) atoms. The molecule has 3 aromatic rings. The van der Waals surface area contributed by atoms with Crippen LogP contribution in [0.3, 0.4) is 0 Å². The number of terminal acetylenes is 1. The molecule has 0 spiro atoms. The highest BCUT2D eigenvalue weighted by Crippen LogP contribution is 2.36. The van der Waals surface area contributed by atoms with Gasteiger partial charge in [0, 0.05) is 11.6 Å². The number of fused-ring (bicyclic) bond motifs is 1. The third-order valence-electron chi connectivity index (χ3n) is 4.97. The molecular weight excluding hydrogens is 338 g/mol. The van der Waals surface area contributed by atoms with Crippen LogP contribution in [0.1, 0.15) is 29.5 Å². The van der Waals surface area contributed by atoms with Gasteiger partial charge in [0.15, 0.2) is 0 Å². The van der Waals surface area contributed by atoms with Crippen LogP contribution >= 0.6 is 0 Å². The van der Waals surface area contributed by atoms with Gasteiger partial charge in [0.05, 0.1) is 20.2 Å². The van der Waals surface area contributed by atoms with Crippen LogP contribution in [-0.2, 0) is 13.0 Å². The van der Waals surface area contributed by atoms with Crippen molar-refractivity contribution in [3.63, 3.8) is 0 Å². The summed E-state index contributed by atoms with van der Waals surface area (Å²) in [6.07, 6.45) is 7.75. The van der Waals surface area contributed by atoms with E-state index in [9.17, 15) is 0 Å². The van der Waals surface area contributed by atoms with Crippen LogP contribution in [0.4, 0.5) is 0 Å². The number of hydrogen-bond acceptors (Lipinski definition) is 5. The van der Waals surface area contributed by atoms with E-state index in [4.69, 9.17) is 15.7 Å². The molecule has 1 aliphatic rings. The predicted molar refractivity (Wildman–Crippen MR) is 103 cm³/mol. The Morgan fingerprint density at radius 1 is 1.26 bits per heavy atom. The first-order valence-corrected chi connectivity index (χ1v) is 9.01. The molecule has 0 bridgehead atoms. The number of rotatable bonds is 6. The van der Waals surface area contributed by atoms with Gasteiger partial charge in [0.2, 0.25) is 11.7 Å². The van der Waals surface area contributed by atoms with E-state index in [0.29, 0.717) is 24.8 Å². The van der Waals surface area contributed by atoms with E-state index in [1.807, 2.05) is 24.3 Å². The average molecular weight is 359 g/mol. The molecule has 1 heterocycles. The summed E-state index contributed by atoms with van der Waals surface area (Å²) < 4.78 is 10.8. The molecule has 5 nitrogen and oxygen atoms in total. The van der Waals surface area contributed by atoms with Gasteiger partial charge < -0.3 is 9.26 Å². The fraction of sp³-hybridized carbons (Fsp3) is 0.273. The molecule has 0 amide bonds. The largest absolute Gasteiger partial charge is 0.497 e. The van der Waals surface area contributed by atoms with Crippen molar-refractivity contribution in [1.82, 2.24) is 15.0 Å². The summed E-state index contributed by atoms with van der Waals surface area (Å²) in [5.74, 6) is 4.64. The van der Waals surface area contributed by atoms with Crippen LogP contribution < -0.4 is 4.74 Å². The van der Waals surface area contributed by atoms with Gasteiger partial charge in [-0.3, -0.25) is 4.90 Å². The molecule has 1 aromatic heterocycles. The first-order chi connectivity index (χ1) is 13.3. The van der Waals surface area contributed by atoms with Crippen molar-refractivity contribution in [3.8, 4) is 29.5 Å². The van der Waals surface area contributed by atoms with Crippen molar-refractivity contribution >= 4 is 0 Å². The smallest absolute Gasteiger partial charge is 0.241 e. The first-order valence-electron chi connectivity index (χ1n) is 9.01. The Morgan fingerprint density at radius 2 is 2.15 bits per heavy atom. The summed E-state index contributed by atoms with van der Waals surface area (Å²) in [7, 11) is 1.64. The van der Waals surface area contributed by atoms with Crippen LogP contribution in [0.2, 0.25) is 0 Å². The number of nitrogens with zero attached hydrogens (tertiary/aromatic N) is 3. The highest BCUT2D eigenvalue weighted by atomic mass is 16.5. The second kappa shape index (κ2) is 7.65. The van der Waals surface area contributed by atoms with Crippen LogP contribution in [0, 0.1) is 12.3 Å². The fourth-order valence-corrected chi connectivity index (χ4v) is 3.68. The second-order valence-electron chi connectivity index (χ2n) is 6.61. The van der Waals surface area contributed by atoms with E-state index in [-0.39, 0.29) is 6.04 Å². The summed E-state index contributed by atoms with van der Waals surface area (Å²) in [5.41, 5.74) is 3.60. The van der Waals surface area contributed by atoms with Gasteiger partial charge in [-0.2, -0.15) is 4.98 Å². The second-order valence-corrected chi connectivity index (χ2v) is 6.61. The van der Waals surface area contributed by atoms with Crippen molar-refractivity contribution in [2.24, 2.45) is 0 Å². The lowest BCUT2D eigenvalue weighted by Crippen LogP contribution is -2.27. The average Bonchev–Trinajstić information content (AvgIpc) is 3.35. The van der Waals surface area contributed by atoms with E-state index >= 15 is 0 Å². The Labute approximate surface area is 159 Å². The van der Waals surface area contributed by atoms with Crippen molar-refractivity contribution in [2.45, 2.75) is 25.4 Å². The quantitative estimate of drug-likeness (QED) is 0.626. The van der Waals surface area contributed by atoms with E-state index in [2.05, 4.69) is 45.2 Å². The number of benzene rings is 2. The van der Waals surface area contributed by atoms with Crippen molar-refractivity contribution in [3.05, 3.63) is 65.5 Å². The first kappa shape index (κ1) is 17.3. The maximum Gasteiger partial charge on any atom is 0.241 e. The standard InChI is InChI=1S/C22H21N3O2/c1-3-13-25(20-12-11-16-7-4-5-10-19(16)20)15-21-23-22(24-27-21)17-8-6-9-18(14-17)26-2/h1,4-10,14,20H,11-13,15H2,2H3. The van der Waals surface area contributed by atoms with Crippen LogP contribution in [-0.4, -0.2) is 28.7 Å². The Bertz CT molecular complexity index is 973. The van der Waals surface area contributed by atoms with Gasteiger partial charge in [0.25, 0.3) is 0 Å². The van der Waals surface area contributed by atoms with Crippen LogP contribution in [0.15, 0.2) is 53.1 Å². The number of aryl methyl sites for hydroxylation is 1. The van der Waals surface area contributed by atoms with E-state index in [1.54, 1.807) is 7.11 Å². The van der Waals surface area contributed by atoms with Gasteiger partial charge in [-0.05, 0) is 36.1 Å². The third-order valence-corrected chi connectivity index (χ3v) is 4.97. The molecule has 4 rings (SSSR count). The minimum Gasteiger partial charge on any atom is -0.497 e. The lowest BCUT2D eigenvalue weighted by Gasteiger charge is -2.26. The number of methoxy groups -OCH3 is 1. The van der Waals surface area contributed by atoms with Crippen LogP contribution in [0.5, 0.6) is 5.75 Å². The lowest BCUT2D eigenvalue weighted by molar-refractivity contribution is 0.185. The molecule has 0 aliphatic heterocycles. The molecule has 5 heteroatoms. The van der Waals surface area contributed by atoms with E-state index in [1.165, 1.54) is 11.1 Å². The van der Waals surface area contributed by atoms with Gasteiger partial charge >= 0.3 is 0 Å². The zero-order chi connectivity index (χ0) is 18.6. The van der Waals surface area contributed by atoms with Crippen LogP contribution in [0.25, 0.3) is 11.4 Å². The number of hydrogen-bond donors (Lipinski definition) is 0. The topological polar surface area (TPSA) is 51.4 Å². The van der Waals surface area contributed by atoms with Gasteiger partial charge in [0.1, 0.15) is 5.75 Å². The summed E-state index contributed by atoms with van der Waals surface area (Å²) in [6.45, 7) is 1.07. The molecule has 0 saturated heterocycles. The maximum absolute atomic E-state index is 5.63. The van der Waals surface area contributed by atoms with Gasteiger partial charge in [-0.1, -0.05) is 47.5 Å². The molecule has 1 atom stereocenters. The number of ether oxygens (including phenoxy) is 1. The Kier molecular flexibility index (Phi) is 4.91. The highest BCUT2D eigenvalue weighted by Gasteiger charge is 2.28. The summed E-state index contributed by atoms with van der Waals surface area (Å²) in [5, 5.41) is 4.13. The zero-order valence-electron chi connectivity index (χ0n) is 15.3. The summed E-state index contributed by atoms with van der Waals surface area (Å²) >= 11 is 0. The Morgan fingerprint density at radius 3 is 3.00 bits per heavy atom. The molecule has 0 saturated carbocycles. The van der Waals surface area contributed by atoms with Crippen molar-refractivity contribution in [2.75, 3.05) is 13.7 Å². The molecular formula is C22H21N3O2. The highest BCUT2D eigenvalue weighted by molar-refractivity contribution is 5.56. The molecule has 0 N–H and O–H groups in total. The molecule has 1 aliphatic carbocycles. The summed E-state index contributed by atoms with van der Waals surface area (Å²) in [4.78, 5) is 6.79. The molecule has 2 aromatic carbocycles. The Balaban J connectivity index is 1.55. The lowest BCUT2D eigenvalue weighted by atomic mass is 10.1. The molecule has 136 valence electrons. The summed E-state index contributed by atoms with van der Waals surface area (Å²) in [6, 6.07) is 16.4. The third kappa shape index (κ3) is 3.57. The van der Waals surface area contributed by atoms with Gasteiger partial charge in [-0.25, -0.2) is 0 Å². The Hall–Kier alpha value is -3.10. The zero-order valence-corrected chi connectivity index (χ0v) is 15.3. The van der Waals surface area contributed by atoms with E-state index in [0.717, 1.165) is 24.2 Å². The SMILES string of the molecule is C#CCN(Cc1nc(-c2cccc(OC)c2)no1)C1CCc2ccccc21. The maximum atomic E-state index is 5.63. The van der Waals surface area contributed by atoms with Crippen molar-refractivity contribution in [1.29, 1.82) is 0 Å². The van der Waals surface area contributed by atoms with Gasteiger partial charge in [-0.15, -0.1) is 6.42 Å². The normalized spacial score (nSPS) is 15.5.